The van der Waals surface area contributed by atoms with E-state index in [9.17, 15) is 10.3 Å². The summed E-state index contributed by atoms with van der Waals surface area (Å²) in [5, 5.41) is 22.1. The Morgan fingerprint density at radius 3 is 2.25 bits per heavy atom. The Labute approximate surface area is 95.1 Å². The van der Waals surface area contributed by atoms with E-state index in [-0.39, 0.29) is 0 Å². The number of hydrogen-bond acceptors (Lipinski definition) is 2. The van der Waals surface area contributed by atoms with Crippen LogP contribution in [0.4, 0.5) is 5.69 Å². The molecule has 0 radical (unpaired) electrons. The number of allylic oxidation sites excluding steroid dienone is 1. The van der Waals surface area contributed by atoms with Gasteiger partial charge in [-0.2, -0.15) is 0 Å². The summed E-state index contributed by atoms with van der Waals surface area (Å²) >= 11 is 0. The second kappa shape index (κ2) is 3.28. The number of nitrogens with zero attached hydrogens (tertiary/aromatic N) is 1. The summed E-state index contributed by atoms with van der Waals surface area (Å²) in [6, 6.07) is 7.15. The van der Waals surface area contributed by atoms with E-state index in [2.05, 4.69) is 6.58 Å². The van der Waals surface area contributed by atoms with Gasteiger partial charge in [-0.3, -0.25) is 4.65 Å². The highest BCUT2D eigenvalue weighted by Crippen LogP contribution is 2.39. The molecular weight excluding hydrogens is 202 g/mol. The third-order valence-electron chi connectivity index (χ3n) is 3.02. The first-order valence-electron chi connectivity index (χ1n) is 5.16. The van der Waals surface area contributed by atoms with E-state index in [0.717, 1.165) is 11.1 Å². The summed E-state index contributed by atoms with van der Waals surface area (Å²) in [7, 11) is 0. The number of aliphatic hydroxyl groups is 1. The van der Waals surface area contributed by atoms with Crippen molar-refractivity contribution in [2.75, 3.05) is 0 Å². The lowest BCUT2D eigenvalue weighted by atomic mass is 10.0. The van der Waals surface area contributed by atoms with Crippen LogP contribution in [0.2, 0.25) is 0 Å². The molecule has 16 heavy (non-hydrogen) atoms. The molecule has 3 nitrogen and oxygen atoms in total. The Morgan fingerprint density at radius 2 is 1.94 bits per heavy atom. The van der Waals surface area contributed by atoms with Gasteiger partial charge in [0.25, 0.3) is 0 Å². The van der Waals surface area contributed by atoms with Crippen LogP contribution >= 0.6 is 0 Å². The van der Waals surface area contributed by atoms with Crippen LogP contribution in [0.5, 0.6) is 0 Å². The van der Waals surface area contributed by atoms with E-state index in [1.807, 2.05) is 19.1 Å². The van der Waals surface area contributed by atoms with E-state index in [1.165, 1.54) is 19.2 Å². The van der Waals surface area contributed by atoms with Gasteiger partial charge in [0.2, 0.25) is 5.72 Å². The summed E-state index contributed by atoms with van der Waals surface area (Å²) in [4.78, 5) is 0. The molecule has 0 spiro atoms. The molecular formula is C13H15NO2. The lowest BCUT2D eigenvalue weighted by molar-refractivity contribution is -0.0171. The smallest absolute Gasteiger partial charge is 0.231 e. The van der Waals surface area contributed by atoms with Gasteiger partial charge >= 0.3 is 0 Å². The quantitative estimate of drug-likeness (QED) is 0.611. The highest BCUT2D eigenvalue weighted by molar-refractivity contribution is 5.64. The van der Waals surface area contributed by atoms with Gasteiger partial charge in [0.05, 0.1) is 6.08 Å². The van der Waals surface area contributed by atoms with Crippen LogP contribution in [0.25, 0.3) is 5.57 Å². The van der Waals surface area contributed by atoms with Crippen LogP contribution in [0.3, 0.4) is 0 Å². The summed E-state index contributed by atoms with van der Waals surface area (Å²) in [6.45, 7) is 7.25. The lowest BCUT2D eigenvalue weighted by Gasteiger charge is -2.52. The molecule has 0 saturated carbocycles. The van der Waals surface area contributed by atoms with Gasteiger partial charge in [0.1, 0.15) is 11.9 Å². The van der Waals surface area contributed by atoms with Crippen molar-refractivity contribution in [3.05, 3.63) is 53.9 Å². The van der Waals surface area contributed by atoms with Crippen LogP contribution in [-0.2, 0) is 0 Å². The molecule has 0 fully saturated rings. The Balaban J connectivity index is 2.37. The first-order valence-corrected chi connectivity index (χ1v) is 5.16. The average molecular weight is 217 g/mol. The topological polar surface area (TPSA) is 43.3 Å². The maximum Gasteiger partial charge on any atom is 0.231 e. The van der Waals surface area contributed by atoms with Gasteiger partial charge in [-0.05, 0) is 24.6 Å². The minimum atomic E-state index is -1.36. The molecule has 0 aliphatic carbocycles. The Morgan fingerprint density at radius 1 is 1.38 bits per heavy atom. The first kappa shape index (κ1) is 11.1. The maximum absolute atomic E-state index is 12.3. The highest BCUT2D eigenvalue weighted by atomic mass is 16.6. The number of rotatable bonds is 2. The van der Waals surface area contributed by atoms with Crippen molar-refractivity contribution in [2.45, 2.75) is 19.6 Å². The fraction of sp³-hybridized carbons (Fsp3) is 0.231. The Kier molecular flexibility index (Phi) is 2.27. The molecule has 1 aliphatic rings. The zero-order valence-electron chi connectivity index (χ0n) is 9.47. The third-order valence-corrected chi connectivity index (χ3v) is 3.02. The highest BCUT2D eigenvalue weighted by Gasteiger charge is 2.45. The molecule has 2 unspecified atom stereocenters. The van der Waals surface area contributed by atoms with Crippen LogP contribution in [0, 0.1) is 5.21 Å². The molecule has 1 N–H and O–H groups in total. The van der Waals surface area contributed by atoms with Gasteiger partial charge in [-0.15, -0.1) is 0 Å². The molecule has 84 valence electrons. The first-order chi connectivity index (χ1) is 7.37. The summed E-state index contributed by atoms with van der Waals surface area (Å²) < 4.78 is -0.816. The van der Waals surface area contributed by atoms with E-state index < -0.39 is 10.4 Å². The molecule has 1 aromatic rings. The number of hydrogen-bond donors (Lipinski definition) is 1. The largest absolute Gasteiger partial charge is 0.620 e. The maximum atomic E-state index is 12.3. The van der Waals surface area contributed by atoms with Gasteiger partial charge in [-0.1, -0.05) is 12.2 Å². The molecule has 0 amide bonds. The minimum Gasteiger partial charge on any atom is -0.620 e. The average Bonchev–Trinajstić information content (AvgIpc) is 2.26. The zero-order valence-corrected chi connectivity index (χ0v) is 9.47. The van der Waals surface area contributed by atoms with Crippen LogP contribution in [0.1, 0.15) is 19.4 Å². The number of hydroxylamine groups is 2. The molecule has 1 aromatic carbocycles. The monoisotopic (exact) mass is 217 g/mol. The Bertz CT molecular complexity index is 459. The second-order valence-electron chi connectivity index (χ2n) is 4.40. The van der Waals surface area contributed by atoms with Crippen LogP contribution in [-0.4, -0.2) is 10.8 Å². The predicted octanol–water partition coefficient (Wildman–Crippen LogP) is 2.76. The molecule has 2 atom stereocenters. The van der Waals surface area contributed by atoms with Gasteiger partial charge in [-0.25, -0.2) is 0 Å². The fourth-order valence-electron chi connectivity index (χ4n) is 1.74. The van der Waals surface area contributed by atoms with Crippen LogP contribution < -0.4 is 4.65 Å². The lowest BCUT2D eigenvalue weighted by Crippen LogP contribution is -2.61. The van der Waals surface area contributed by atoms with Crippen molar-refractivity contribution in [1.29, 1.82) is 0 Å². The predicted molar refractivity (Wildman–Crippen MR) is 66.1 cm³/mol. The van der Waals surface area contributed by atoms with E-state index in [4.69, 9.17) is 0 Å². The Hall–Kier alpha value is -1.42. The van der Waals surface area contributed by atoms with E-state index in [1.54, 1.807) is 12.1 Å². The van der Waals surface area contributed by atoms with Crippen LogP contribution in [0.15, 0.2) is 43.1 Å². The van der Waals surface area contributed by atoms with Crippen molar-refractivity contribution in [3.8, 4) is 0 Å². The molecule has 1 aliphatic heterocycles. The van der Waals surface area contributed by atoms with Crippen molar-refractivity contribution < 1.29 is 5.11 Å². The summed E-state index contributed by atoms with van der Waals surface area (Å²) in [5.41, 5.74) is 1.12. The normalized spacial score (nSPS) is 32.2. The molecule has 3 heteroatoms. The van der Waals surface area contributed by atoms with Gasteiger partial charge in [0, 0.05) is 19.1 Å². The van der Waals surface area contributed by atoms with Gasteiger partial charge in [0.15, 0.2) is 0 Å². The number of benzene rings is 1. The standard InChI is InChI=1S/C13H15NO2/c1-10(2)11-4-6-12(7-5-11)14(16)9-8-13(14,3)15/h4-9,15H,1H2,2-3H3. The molecule has 0 aromatic heterocycles. The summed E-state index contributed by atoms with van der Waals surface area (Å²) in [6.07, 6.45) is 2.95. The van der Waals surface area contributed by atoms with Crippen molar-refractivity contribution in [3.63, 3.8) is 0 Å². The van der Waals surface area contributed by atoms with E-state index >= 15 is 0 Å². The van der Waals surface area contributed by atoms with Crippen molar-refractivity contribution in [2.24, 2.45) is 0 Å². The molecule has 0 bridgehead atoms. The van der Waals surface area contributed by atoms with Crippen molar-refractivity contribution >= 4 is 11.3 Å². The summed E-state index contributed by atoms with van der Waals surface area (Å²) in [5.74, 6) is 0. The van der Waals surface area contributed by atoms with Gasteiger partial charge < -0.3 is 10.3 Å². The molecule has 0 saturated heterocycles. The number of quaternary nitrogens is 1. The van der Waals surface area contributed by atoms with E-state index in [0.29, 0.717) is 5.69 Å². The molecule has 1 heterocycles. The fourth-order valence-corrected chi connectivity index (χ4v) is 1.74. The second-order valence-corrected chi connectivity index (χ2v) is 4.40. The molecule has 2 rings (SSSR count). The SMILES string of the molecule is C=C(C)c1ccc([N+]2([O-])C=CC2(C)O)cc1. The zero-order chi connectivity index (χ0) is 12.0. The van der Waals surface area contributed by atoms with Crippen molar-refractivity contribution in [1.82, 2.24) is 4.65 Å². The third kappa shape index (κ3) is 1.41. The minimum absolute atomic E-state index is 0.525.